The van der Waals surface area contributed by atoms with Crippen LogP contribution in [0, 0.1) is 3.57 Å². The fraction of sp³-hybridized carbons (Fsp3) is 0.250. The topological polar surface area (TPSA) is 150 Å². The van der Waals surface area contributed by atoms with Gasteiger partial charge >= 0.3 is 11.9 Å². The van der Waals surface area contributed by atoms with E-state index in [1.807, 2.05) is 24.3 Å². The highest BCUT2D eigenvalue weighted by Crippen LogP contribution is 2.48. The number of β-lactam (4-membered cyclic amide) rings is 1. The van der Waals surface area contributed by atoms with E-state index >= 15 is 0 Å². The molecule has 2 aliphatic rings. The minimum absolute atomic E-state index is 0.000352. The Labute approximate surface area is 224 Å². The number of benzene rings is 1. The van der Waals surface area contributed by atoms with Crippen LogP contribution in [0.4, 0.5) is 9.52 Å². The average Bonchev–Trinajstić information content (AvgIpc) is 3.24. The molecular weight excluding hydrogens is 632 g/mol. The normalized spacial score (nSPS) is 19.8. The Bertz CT molecular complexity index is 1240. The second-order valence-electron chi connectivity index (χ2n) is 6.93. The summed E-state index contributed by atoms with van der Waals surface area (Å²) in [5, 5.41) is 4.17. The number of hydrogen-bond donors (Lipinski definition) is 2. The van der Waals surface area contributed by atoms with Gasteiger partial charge in [-0.25, -0.2) is 19.0 Å². The molecule has 4 rings (SSSR count). The number of nitrogen functional groups attached to an aromatic ring is 1. The van der Waals surface area contributed by atoms with Crippen LogP contribution in [0.1, 0.15) is 12.1 Å². The van der Waals surface area contributed by atoms with Crippen molar-refractivity contribution in [2.45, 2.75) is 22.1 Å². The van der Waals surface area contributed by atoms with Gasteiger partial charge in [0.2, 0.25) is 11.6 Å². The van der Waals surface area contributed by atoms with E-state index in [-0.39, 0.29) is 34.2 Å². The summed E-state index contributed by atoms with van der Waals surface area (Å²) in [5.41, 5.74) is 11.4. The second-order valence-corrected chi connectivity index (χ2v) is 11.4. The Balaban J connectivity index is 1.66. The third kappa shape index (κ3) is 5.63. The lowest BCUT2D eigenvalue weighted by atomic mass is 10.1. The molecule has 1 saturated heterocycles. The molecule has 15 heteroatoms. The van der Waals surface area contributed by atoms with E-state index in [2.05, 4.69) is 32.7 Å². The highest BCUT2D eigenvalue weighted by atomic mass is 127. The van der Waals surface area contributed by atoms with Crippen molar-refractivity contribution < 1.29 is 28.3 Å². The van der Waals surface area contributed by atoms with Crippen molar-refractivity contribution in [3.05, 3.63) is 49.5 Å². The molecule has 1 aromatic heterocycles. The van der Waals surface area contributed by atoms with Crippen molar-refractivity contribution in [1.29, 1.82) is 0 Å². The van der Waals surface area contributed by atoms with Crippen molar-refractivity contribution in [3.63, 3.8) is 0 Å². The summed E-state index contributed by atoms with van der Waals surface area (Å²) < 4.78 is 18.5. The molecule has 2 aliphatic heterocycles. The number of hydrogen-bond acceptors (Lipinski definition) is 12. The molecule has 35 heavy (non-hydrogen) atoms. The summed E-state index contributed by atoms with van der Waals surface area (Å²) in [5.74, 6) is -2.55. The van der Waals surface area contributed by atoms with E-state index in [4.69, 9.17) is 21.0 Å². The largest absolute Gasteiger partial charge is 0.392 e. The van der Waals surface area contributed by atoms with Crippen molar-refractivity contribution in [2.24, 2.45) is 10.9 Å². The van der Waals surface area contributed by atoms with E-state index in [1.165, 1.54) is 33.8 Å². The first kappa shape index (κ1) is 25.9. The Morgan fingerprint density at radius 2 is 2.14 bits per heavy atom. The molecule has 0 saturated carbocycles. The van der Waals surface area contributed by atoms with Crippen molar-refractivity contribution in [1.82, 2.24) is 9.88 Å². The number of oxime groups is 1. The number of thiazole rings is 1. The number of nitrogens with zero attached hydrogens (tertiary/aromatic N) is 3. The fourth-order valence-corrected chi connectivity index (χ4v) is 6.79. The molecule has 1 aromatic carbocycles. The molecule has 0 spiro atoms. The van der Waals surface area contributed by atoms with Gasteiger partial charge in [-0.2, -0.15) is 0 Å². The van der Waals surface area contributed by atoms with Crippen LogP contribution in [0.5, 0.6) is 0 Å². The van der Waals surface area contributed by atoms with Gasteiger partial charge in [-0.15, -0.1) is 23.1 Å². The average molecular weight is 649 g/mol. The van der Waals surface area contributed by atoms with Gasteiger partial charge in [0.1, 0.15) is 24.7 Å². The fourth-order valence-electron chi connectivity index (χ4n) is 3.11. The summed E-state index contributed by atoms with van der Waals surface area (Å²) in [6.07, 6.45) is 0.214. The summed E-state index contributed by atoms with van der Waals surface area (Å²) in [7, 11) is 0. The molecule has 2 aromatic rings. The number of esters is 2. The molecule has 3 heterocycles. The molecule has 2 atom stereocenters. The van der Waals surface area contributed by atoms with Crippen LogP contribution in [-0.4, -0.2) is 57.5 Å². The molecule has 0 aliphatic carbocycles. The Kier molecular flexibility index (Phi) is 8.31. The maximum atomic E-state index is 13.3. The molecule has 184 valence electrons. The Morgan fingerprint density at radius 3 is 2.80 bits per heavy atom. The van der Waals surface area contributed by atoms with E-state index in [0.717, 1.165) is 19.8 Å². The first-order valence-corrected chi connectivity index (χ1v) is 13.7. The van der Waals surface area contributed by atoms with Gasteiger partial charge in [0, 0.05) is 18.8 Å². The Morgan fingerprint density at radius 1 is 1.37 bits per heavy atom. The number of carbonyl (C=O) groups is 3. The van der Waals surface area contributed by atoms with Crippen molar-refractivity contribution >= 4 is 86.1 Å². The molecule has 10 nitrogen and oxygen atoms in total. The number of fused-ring (bicyclic) bond motifs is 1. The highest BCUT2D eigenvalue weighted by molar-refractivity contribution is 14.1. The van der Waals surface area contributed by atoms with Crippen LogP contribution in [-0.2, 0) is 24.0 Å². The van der Waals surface area contributed by atoms with Crippen LogP contribution < -0.4 is 11.5 Å². The number of aromatic nitrogens is 1. The number of nitrogens with two attached hydrogens (primary N) is 2. The number of rotatable bonds is 8. The van der Waals surface area contributed by atoms with Gasteiger partial charge < -0.3 is 21.0 Å². The van der Waals surface area contributed by atoms with Crippen LogP contribution >= 0.6 is 57.5 Å². The van der Waals surface area contributed by atoms with E-state index in [9.17, 15) is 18.8 Å². The number of thioether (sulfide) groups is 2. The van der Waals surface area contributed by atoms with Gasteiger partial charge in [0.05, 0.1) is 17.2 Å². The van der Waals surface area contributed by atoms with Crippen LogP contribution in [0.2, 0.25) is 0 Å². The van der Waals surface area contributed by atoms with Gasteiger partial charge in [0.15, 0.2) is 5.13 Å². The summed E-state index contributed by atoms with van der Waals surface area (Å²) in [4.78, 5) is 49.8. The minimum atomic E-state index is -1.19. The lowest BCUT2D eigenvalue weighted by molar-refractivity contribution is -0.156. The van der Waals surface area contributed by atoms with Crippen molar-refractivity contribution in [2.75, 3.05) is 19.0 Å². The smallest absolute Gasteiger partial charge is 0.370 e. The molecular formula is C20H17FIN5O5S3. The zero-order valence-electron chi connectivity index (χ0n) is 17.7. The zero-order chi connectivity index (χ0) is 25.1. The van der Waals surface area contributed by atoms with Crippen LogP contribution in [0.15, 0.2) is 50.3 Å². The molecule has 0 radical (unpaired) electrons. The quantitative estimate of drug-likeness (QED) is 0.0832. The summed E-state index contributed by atoms with van der Waals surface area (Å²) >= 11 is 5.75. The molecule has 1 unspecified atom stereocenters. The number of anilines is 1. The van der Waals surface area contributed by atoms with Gasteiger partial charge in [-0.1, -0.05) is 29.1 Å². The number of alkyl halides is 1. The number of ether oxygens (including phenoxy) is 1. The first-order chi connectivity index (χ1) is 16.8. The maximum Gasteiger partial charge on any atom is 0.370 e. The van der Waals surface area contributed by atoms with E-state index < -0.39 is 36.3 Å². The molecule has 0 bridgehead atoms. The minimum Gasteiger partial charge on any atom is -0.392 e. The molecule has 4 N–H and O–H groups in total. The number of carbonyl (C=O) groups excluding carboxylic acids is 3. The van der Waals surface area contributed by atoms with E-state index in [1.54, 1.807) is 0 Å². The van der Waals surface area contributed by atoms with Gasteiger partial charge in [-0.05, 0) is 34.7 Å². The summed E-state index contributed by atoms with van der Waals surface area (Å²) in [6.45, 7) is -1.26. The summed E-state index contributed by atoms with van der Waals surface area (Å²) in [6, 6.07) is 7.46. The third-order valence-corrected chi connectivity index (χ3v) is 9.25. The number of halogens is 2. The van der Waals surface area contributed by atoms with E-state index in [0.29, 0.717) is 4.91 Å². The van der Waals surface area contributed by atoms with Crippen LogP contribution in [0.3, 0.4) is 0 Å². The Hall–Kier alpha value is -2.21. The number of amides is 1. The third-order valence-electron chi connectivity index (χ3n) is 4.66. The van der Waals surface area contributed by atoms with Crippen LogP contribution in [0.25, 0.3) is 0 Å². The maximum absolute atomic E-state index is 13.3. The first-order valence-electron chi connectivity index (χ1n) is 9.93. The highest BCUT2D eigenvalue weighted by Gasteiger charge is 2.49. The lowest BCUT2D eigenvalue weighted by Crippen LogP contribution is -2.56. The SMILES string of the molecule is Nc1nc(/C(=N/OCCF)C(=O)OC(=O)C2=C(Sc3ccccc3I)C(N)S[C@@H]3CC(=O)N23)cs1. The zero-order valence-corrected chi connectivity index (χ0v) is 22.3. The van der Waals surface area contributed by atoms with Crippen molar-refractivity contribution in [3.8, 4) is 0 Å². The predicted octanol–water partition coefficient (Wildman–Crippen LogP) is 2.68. The monoisotopic (exact) mass is 649 g/mol. The molecule has 1 amide bonds. The standard InChI is InChI=1S/C20H17FIN5O5S3/c21-5-6-31-26-14(10-8-33-20(24)25-10)18(29)32-19(30)15-16(34-11-4-2-1-3-9(11)22)17(23)35-13-7-12(28)27(13)15/h1-4,8,13,17H,5-7,23H2,(H2,24,25)/b26-14-/t13-,17?/m1/s1. The molecule has 1 fully saturated rings. The van der Waals surface area contributed by atoms with Gasteiger partial charge in [0.25, 0.3) is 0 Å². The van der Waals surface area contributed by atoms with Gasteiger partial charge in [-0.3, -0.25) is 9.69 Å². The lowest BCUT2D eigenvalue weighted by Gasteiger charge is -2.45. The second kappa shape index (κ2) is 11.2. The predicted molar refractivity (Wildman–Crippen MR) is 139 cm³/mol.